The number of hydrogen-bond acceptors (Lipinski definition) is 0. The largest absolute Gasteiger partial charge is 0.213 e. The summed E-state index contributed by atoms with van der Waals surface area (Å²) in [5.74, 6) is 4.48. The van der Waals surface area contributed by atoms with Crippen LogP contribution in [0, 0.1) is 106 Å². The lowest BCUT2D eigenvalue weighted by Gasteiger charge is -2.13. The third-order valence-electron chi connectivity index (χ3n) is 30.2. The standard InChI is InChI=1S/2C25H30N.2C24H28N.C23H26N/c1-17-14-18(2)19(3)23(15-17)25-13-12-22-21(16-20-8-5-6-9-20)10-7-11-24(22)26(25)4;1-17-13-18(2)19(3)23(14-17)25-12-10-22-16-21(9-11-24(22)26(25)4)15-20-7-5-6-8-20;1-17-11-12-18(2)22(15-17)24-14-13-21-20(16-19-7-4-5-8-19)9-6-10-23(21)25(24)3;1-17-8-9-18(2)22(14-17)24-13-11-21-16-20(10-12-23(21)25(24)3)15-19-6-4-5-7-19;1-17-7-3-6-10-21(17)23-14-12-20-16-19(11-13-22(20)24(23)2)15-18-8-4-5-9-18/h7,10-15,20H,5-6,8-9,16H2,1-4H3;9-14,16,20H,5-8,15H2,1-4H3;6,9-15,19H,4-5,7-8,16H2,1-3H3;8-14,16,19H,4-7,15H2,1-3H3;3,6-7,10-14,16,18H,4-5,8-9,15H2,1-2H3/q5*+1. The highest BCUT2D eigenvalue weighted by atomic mass is 15.0. The summed E-state index contributed by atoms with van der Waals surface area (Å²) < 4.78 is 11.8. The molecule has 646 valence electrons. The Kier molecular flexibility index (Phi) is 28.2. The average Bonchev–Trinajstić information content (AvgIpc) is 0.973. The minimum atomic E-state index is 0.882. The third-order valence-corrected chi connectivity index (χ3v) is 30.2. The van der Waals surface area contributed by atoms with Crippen LogP contribution in [0.2, 0.25) is 0 Å². The molecular weight excluding hydrogens is 1520 g/mol. The molecule has 5 fully saturated rings. The number of pyridine rings is 5. The van der Waals surface area contributed by atoms with Crippen LogP contribution in [0.25, 0.3) is 111 Å². The monoisotopic (exact) mass is 1670 g/mol. The zero-order valence-corrected chi connectivity index (χ0v) is 79.3. The van der Waals surface area contributed by atoms with Crippen molar-refractivity contribution in [3.8, 4) is 56.3 Å². The van der Waals surface area contributed by atoms with Gasteiger partial charge in [0.05, 0.1) is 0 Å². The van der Waals surface area contributed by atoms with Crippen molar-refractivity contribution >= 4 is 54.5 Å². The van der Waals surface area contributed by atoms with Crippen LogP contribution in [0.3, 0.4) is 0 Å². The van der Waals surface area contributed by atoms with Gasteiger partial charge in [-0.05, 0) is 283 Å². The molecule has 5 aliphatic rings. The number of fused-ring (bicyclic) bond motifs is 5. The molecule has 15 aromatic rings. The first kappa shape index (κ1) is 88.7. The van der Waals surface area contributed by atoms with Gasteiger partial charge in [0.1, 0.15) is 35.2 Å². The summed E-state index contributed by atoms with van der Waals surface area (Å²) in [6, 6.07) is 89.2. The maximum atomic E-state index is 2.41. The van der Waals surface area contributed by atoms with Crippen LogP contribution < -0.4 is 22.8 Å². The van der Waals surface area contributed by atoms with Gasteiger partial charge in [-0.3, -0.25) is 0 Å². The van der Waals surface area contributed by atoms with Crippen molar-refractivity contribution in [1.82, 2.24) is 0 Å². The maximum absolute atomic E-state index is 2.41. The average molecular weight is 1670 g/mol. The molecule has 0 N–H and O–H groups in total. The van der Waals surface area contributed by atoms with Crippen LogP contribution in [0.15, 0.2) is 237 Å². The number of aromatic nitrogens is 5. The van der Waals surface area contributed by atoms with Crippen LogP contribution in [-0.2, 0) is 67.3 Å². The van der Waals surface area contributed by atoms with Crippen molar-refractivity contribution in [2.24, 2.45) is 64.8 Å². The second-order valence-corrected chi connectivity index (χ2v) is 39.5. The van der Waals surface area contributed by atoms with Crippen LogP contribution >= 0.6 is 0 Å². The van der Waals surface area contributed by atoms with Gasteiger partial charge < -0.3 is 0 Å². The molecule has 5 aliphatic carbocycles. The summed E-state index contributed by atoms with van der Waals surface area (Å²) in [4.78, 5) is 0. The van der Waals surface area contributed by atoms with E-state index < -0.39 is 0 Å². The molecule has 5 heteroatoms. The quantitative estimate of drug-likeness (QED) is 0.0912. The molecule has 126 heavy (non-hydrogen) atoms. The molecule has 0 bridgehead atoms. The molecule has 10 aromatic carbocycles. The Bertz CT molecular complexity index is 6440. The van der Waals surface area contributed by atoms with Gasteiger partial charge in [0, 0.05) is 115 Å². The Labute approximate surface area is 755 Å². The first-order valence-corrected chi connectivity index (χ1v) is 48.5. The fourth-order valence-corrected chi connectivity index (χ4v) is 22.6. The highest BCUT2D eigenvalue weighted by Crippen LogP contribution is 2.38. The lowest BCUT2D eigenvalue weighted by atomic mass is 9.93. The molecule has 0 atom stereocenters. The molecule has 0 spiro atoms. The number of aryl methyl sites for hydroxylation is 14. The van der Waals surface area contributed by atoms with E-state index in [-0.39, 0.29) is 0 Å². The topological polar surface area (TPSA) is 19.4 Å². The fraction of sp³-hybridized carbons (Fsp3) is 0.380. The highest BCUT2D eigenvalue weighted by molar-refractivity contribution is 5.85. The molecule has 20 rings (SSSR count). The van der Waals surface area contributed by atoms with Crippen LogP contribution in [0.1, 0.15) is 217 Å². The van der Waals surface area contributed by atoms with Crippen LogP contribution in [0.5, 0.6) is 0 Å². The van der Waals surface area contributed by atoms with E-state index in [0.717, 1.165) is 29.6 Å². The van der Waals surface area contributed by atoms with Gasteiger partial charge in [-0.15, -0.1) is 0 Å². The Morgan fingerprint density at radius 3 is 0.857 bits per heavy atom. The first-order chi connectivity index (χ1) is 61.0. The van der Waals surface area contributed by atoms with Crippen molar-refractivity contribution < 1.29 is 22.8 Å². The van der Waals surface area contributed by atoms with Crippen molar-refractivity contribution in [2.45, 2.75) is 237 Å². The first-order valence-electron chi connectivity index (χ1n) is 48.5. The third kappa shape index (κ3) is 20.3. The molecule has 0 saturated heterocycles. The Balaban J connectivity index is 0.000000116. The second-order valence-electron chi connectivity index (χ2n) is 39.5. The zero-order valence-electron chi connectivity index (χ0n) is 79.3. The van der Waals surface area contributed by atoms with Crippen LogP contribution in [0.4, 0.5) is 0 Å². The van der Waals surface area contributed by atoms with Crippen molar-refractivity contribution in [1.29, 1.82) is 0 Å². The summed E-state index contributed by atoms with van der Waals surface area (Å²) in [5, 5.41) is 6.91. The van der Waals surface area contributed by atoms with E-state index in [2.05, 4.69) is 371 Å². The molecule has 0 radical (unpaired) electrons. The van der Waals surface area contributed by atoms with E-state index in [1.165, 1.54) is 360 Å². The van der Waals surface area contributed by atoms with E-state index in [1.807, 2.05) is 0 Å². The van der Waals surface area contributed by atoms with Crippen molar-refractivity contribution in [3.05, 3.63) is 326 Å². The predicted molar refractivity (Wildman–Crippen MR) is 533 cm³/mol. The summed E-state index contributed by atoms with van der Waals surface area (Å²) in [5.41, 5.74) is 42.1. The number of nitrogens with zero attached hydrogens (tertiary/aromatic N) is 5. The molecule has 5 saturated carbocycles. The number of rotatable bonds is 15. The van der Waals surface area contributed by atoms with E-state index in [4.69, 9.17) is 0 Å². The normalized spacial score (nSPS) is 15.1. The van der Waals surface area contributed by atoms with Gasteiger partial charge in [-0.1, -0.05) is 248 Å². The van der Waals surface area contributed by atoms with Crippen LogP contribution in [-0.4, -0.2) is 0 Å². The molecule has 5 nitrogen and oxygen atoms in total. The second kappa shape index (κ2) is 40.1. The molecule has 0 amide bonds. The minimum Gasteiger partial charge on any atom is -0.194 e. The smallest absolute Gasteiger partial charge is 0.194 e. The van der Waals surface area contributed by atoms with Gasteiger partial charge in [0.15, 0.2) is 0 Å². The molecular formula is C121H142N5+5. The van der Waals surface area contributed by atoms with Gasteiger partial charge in [-0.2, -0.15) is 22.8 Å². The highest BCUT2D eigenvalue weighted by Gasteiger charge is 2.28. The van der Waals surface area contributed by atoms with E-state index in [1.54, 1.807) is 0 Å². The molecule has 5 aromatic heterocycles. The molecule has 5 heterocycles. The SMILES string of the molecule is Cc1cc(C)c(C)c(-c2ccc3c(CC4CCCC4)cccc3[n+]2C)c1.Cc1cc(C)c(C)c(-c2ccc3cc(CC4CCCC4)ccc3[n+]2C)c1.Cc1ccc(C)c(-c2ccc3c(CC4CCCC4)cccc3[n+]2C)c1.Cc1ccc(C)c(-c2ccc3cc(CC4CCCC4)ccc3[n+]2C)c1.Cc1ccccc1-c1ccc2cc(CC3CCCC3)ccc2[n+]1C. The van der Waals surface area contributed by atoms with E-state index in [9.17, 15) is 0 Å². The Hall–Kier alpha value is -10.8. The lowest BCUT2D eigenvalue weighted by molar-refractivity contribution is -0.633. The fourth-order valence-electron chi connectivity index (χ4n) is 22.6. The van der Waals surface area contributed by atoms with E-state index >= 15 is 0 Å². The number of hydrogen-bond donors (Lipinski definition) is 0. The van der Waals surface area contributed by atoms with Gasteiger partial charge >= 0.3 is 0 Å². The molecule has 0 aliphatic heterocycles. The van der Waals surface area contributed by atoms with Gasteiger partial charge in [-0.25, -0.2) is 0 Å². The summed E-state index contributed by atoms with van der Waals surface area (Å²) in [7, 11) is 11.0. The van der Waals surface area contributed by atoms with Gasteiger partial charge in [0.2, 0.25) is 56.1 Å². The number of benzene rings is 10. The zero-order chi connectivity index (χ0) is 87.8. The lowest BCUT2D eigenvalue weighted by Crippen LogP contribution is -2.32. The van der Waals surface area contributed by atoms with Crippen molar-refractivity contribution in [2.75, 3.05) is 0 Å². The predicted octanol–water partition coefficient (Wildman–Crippen LogP) is 28.7. The Morgan fingerprint density at radius 1 is 0.214 bits per heavy atom. The Morgan fingerprint density at radius 2 is 0.508 bits per heavy atom. The maximum Gasteiger partial charge on any atom is 0.213 e. The minimum absolute atomic E-state index is 0.882. The summed E-state index contributed by atoms with van der Waals surface area (Å²) >= 11 is 0. The molecule has 0 unspecified atom stereocenters. The van der Waals surface area contributed by atoms with Crippen molar-refractivity contribution in [3.63, 3.8) is 0 Å². The summed E-state index contributed by atoms with van der Waals surface area (Å²) in [6.07, 6.45) is 34.5. The summed E-state index contributed by atoms with van der Waals surface area (Å²) in [6.45, 7) is 24.2. The van der Waals surface area contributed by atoms with E-state index in [0.29, 0.717) is 0 Å². The van der Waals surface area contributed by atoms with Gasteiger partial charge in [0.25, 0.3) is 0 Å².